The van der Waals surface area contributed by atoms with Crippen LogP contribution in [0.15, 0.2) is 0 Å². The van der Waals surface area contributed by atoms with Crippen molar-refractivity contribution in [2.75, 3.05) is 0 Å². The molecular formula is C13H24O2. The van der Waals surface area contributed by atoms with Gasteiger partial charge in [-0.25, -0.2) is 0 Å². The van der Waals surface area contributed by atoms with Crippen molar-refractivity contribution < 1.29 is 10.2 Å². The molecule has 0 aliphatic rings. The molecule has 0 rings (SSSR count). The summed E-state index contributed by atoms with van der Waals surface area (Å²) in [5.41, 5.74) is 0. The number of unbranched alkanes of at least 4 members (excludes halogenated alkanes) is 8. The van der Waals surface area contributed by atoms with Gasteiger partial charge < -0.3 is 10.2 Å². The van der Waals surface area contributed by atoms with Gasteiger partial charge in [0.05, 0.1) is 0 Å². The van der Waals surface area contributed by atoms with Crippen LogP contribution in [0, 0.1) is 11.8 Å². The largest absolute Gasteiger partial charge is 0.358 e. The van der Waals surface area contributed by atoms with Gasteiger partial charge in [0.25, 0.3) is 0 Å². The monoisotopic (exact) mass is 212 g/mol. The lowest BCUT2D eigenvalue weighted by Gasteiger charge is -1.99. The second kappa shape index (κ2) is 11.6. The van der Waals surface area contributed by atoms with Gasteiger partial charge in [-0.2, -0.15) is 0 Å². The van der Waals surface area contributed by atoms with Crippen molar-refractivity contribution in [3.05, 3.63) is 0 Å². The molecule has 0 aromatic heterocycles. The van der Waals surface area contributed by atoms with E-state index in [-0.39, 0.29) is 0 Å². The number of hydrogen-bond donors (Lipinski definition) is 2. The van der Waals surface area contributed by atoms with Crippen molar-refractivity contribution in [2.24, 2.45) is 0 Å². The molecule has 88 valence electrons. The average molecular weight is 212 g/mol. The minimum Gasteiger partial charge on any atom is -0.358 e. The zero-order valence-corrected chi connectivity index (χ0v) is 9.84. The fourth-order valence-corrected chi connectivity index (χ4v) is 1.51. The maximum Gasteiger partial charge on any atom is 0.217 e. The average Bonchev–Trinajstić information content (AvgIpc) is 2.20. The van der Waals surface area contributed by atoms with Crippen LogP contribution in [0.1, 0.15) is 64.7 Å². The normalized spacial score (nSPS) is 10.1. The van der Waals surface area contributed by atoms with Crippen molar-refractivity contribution >= 4 is 0 Å². The van der Waals surface area contributed by atoms with Crippen molar-refractivity contribution in [3.8, 4) is 11.8 Å². The number of aliphatic hydroxyl groups is 2. The number of hydrogen-bond acceptors (Lipinski definition) is 2. The van der Waals surface area contributed by atoms with Gasteiger partial charge in [0, 0.05) is 6.42 Å². The molecule has 2 N–H and O–H groups in total. The molecule has 0 spiro atoms. The molecule has 2 heteroatoms. The number of rotatable bonds is 8. The molecule has 0 unspecified atom stereocenters. The fourth-order valence-electron chi connectivity index (χ4n) is 1.51. The van der Waals surface area contributed by atoms with Gasteiger partial charge >= 0.3 is 0 Å². The van der Waals surface area contributed by atoms with Gasteiger partial charge in [-0.3, -0.25) is 0 Å². The van der Waals surface area contributed by atoms with Crippen molar-refractivity contribution in [2.45, 2.75) is 71.0 Å². The Morgan fingerprint density at radius 1 is 0.867 bits per heavy atom. The van der Waals surface area contributed by atoms with Crippen LogP contribution in [-0.4, -0.2) is 16.5 Å². The summed E-state index contributed by atoms with van der Waals surface area (Å²) in [5, 5.41) is 16.9. The van der Waals surface area contributed by atoms with Crippen molar-refractivity contribution in [3.63, 3.8) is 0 Å². The summed E-state index contributed by atoms with van der Waals surface area (Å²) in [6.45, 7) is 2.23. The fraction of sp³-hybridized carbons (Fsp3) is 0.846. The quantitative estimate of drug-likeness (QED) is 0.369. The Kier molecular flexibility index (Phi) is 11.2. The Morgan fingerprint density at radius 2 is 1.40 bits per heavy atom. The first-order chi connectivity index (χ1) is 7.27. The third-order valence-electron chi connectivity index (χ3n) is 2.39. The van der Waals surface area contributed by atoms with Gasteiger partial charge in [-0.1, -0.05) is 57.8 Å². The first-order valence-electron chi connectivity index (χ1n) is 6.12. The minimum absolute atomic E-state index is 0.784. The molecule has 0 fully saturated rings. The predicted molar refractivity (Wildman–Crippen MR) is 63.2 cm³/mol. The van der Waals surface area contributed by atoms with Gasteiger partial charge in [0.2, 0.25) is 6.29 Å². The molecule has 0 aliphatic carbocycles. The molecule has 0 saturated heterocycles. The molecule has 0 amide bonds. The highest BCUT2D eigenvalue weighted by Gasteiger charge is 1.90. The van der Waals surface area contributed by atoms with E-state index >= 15 is 0 Å². The van der Waals surface area contributed by atoms with E-state index in [0.29, 0.717) is 0 Å². The molecule has 0 heterocycles. The lowest BCUT2D eigenvalue weighted by Crippen LogP contribution is -1.97. The molecule has 0 aromatic rings. The summed E-state index contributed by atoms with van der Waals surface area (Å²) in [5.74, 6) is 5.07. The SMILES string of the molecule is CCCCCCCCCCC#CC(O)O. The summed E-state index contributed by atoms with van der Waals surface area (Å²) < 4.78 is 0. The Hall–Kier alpha value is -0.520. The lowest BCUT2D eigenvalue weighted by atomic mass is 10.1. The first kappa shape index (κ1) is 14.5. The summed E-state index contributed by atoms with van der Waals surface area (Å²) in [7, 11) is 0. The van der Waals surface area contributed by atoms with E-state index in [0.717, 1.165) is 12.8 Å². The molecule has 0 atom stereocenters. The van der Waals surface area contributed by atoms with Crippen molar-refractivity contribution in [1.29, 1.82) is 0 Å². The Balaban J connectivity index is 3.03. The molecule has 0 bridgehead atoms. The van der Waals surface area contributed by atoms with Gasteiger partial charge in [0.1, 0.15) is 0 Å². The Morgan fingerprint density at radius 3 is 1.93 bits per heavy atom. The second-order valence-corrected chi connectivity index (χ2v) is 3.92. The molecule has 0 radical (unpaired) electrons. The van der Waals surface area contributed by atoms with Crippen LogP contribution in [-0.2, 0) is 0 Å². The van der Waals surface area contributed by atoms with Gasteiger partial charge in [0.15, 0.2) is 0 Å². The highest BCUT2D eigenvalue weighted by atomic mass is 16.5. The third kappa shape index (κ3) is 13.5. The molecule has 0 aromatic carbocycles. The standard InChI is InChI=1S/C13H24O2/c1-2-3-4-5-6-7-8-9-10-11-12-13(14)15/h13-15H,2-10H2,1H3. The Bertz CT molecular complexity index is 177. The topological polar surface area (TPSA) is 40.5 Å². The summed E-state index contributed by atoms with van der Waals surface area (Å²) in [4.78, 5) is 0. The zero-order valence-electron chi connectivity index (χ0n) is 9.84. The van der Waals surface area contributed by atoms with E-state index < -0.39 is 6.29 Å². The van der Waals surface area contributed by atoms with E-state index in [9.17, 15) is 0 Å². The number of aliphatic hydroxyl groups excluding tert-OH is 1. The first-order valence-corrected chi connectivity index (χ1v) is 6.12. The van der Waals surface area contributed by atoms with Crippen LogP contribution in [0.2, 0.25) is 0 Å². The van der Waals surface area contributed by atoms with E-state index in [1.165, 1.54) is 44.9 Å². The Labute approximate surface area is 93.7 Å². The maximum atomic E-state index is 8.46. The zero-order chi connectivity index (χ0) is 11.4. The van der Waals surface area contributed by atoms with Crippen LogP contribution in [0.3, 0.4) is 0 Å². The van der Waals surface area contributed by atoms with Gasteiger partial charge in [-0.05, 0) is 12.3 Å². The third-order valence-corrected chi connectivity index (χ3v) is 2.39. The minimum atomic E-state index is -1.46. The van der Waals surface area contributed by atoms with Crippen LogP contribution < -0.4 is 0 Å². The summed E-state index contributed by atoms with van der Waals surface area (Å²) >= 11 is 0. The predicted octanol–water partition coefficient (Wildman–Crippen LogP) is 2.83. The summed E-state index contributed by atoms with van der Waals surface area (Å²) in [6.07, 6.45) is 9.62. The molecule has 15 heavy (non-hydrogen) atoms. The van der Waals surface area contributed by atoms with E-state index in [1.54, 1.807) is 0 Å². The van der Waals surface area contributed by atoms with Crippen LogP contribution in [0.4, 0.5) is 0 Å². The smallest absolute Gasteiger partial charge is 0.217 e. The molecule has 0 saturated carbocycles. The van der Waals surface area contributed by atoms with E-state index in [4.69, 9.17) is 10.2 Å². The van der Waals surface area contributed by atoms with E-state index in [1.807, 2.05) is 0 Å². The van der Waals surface area contributed by atoms with E-state index in [2.05, 4.69) is 18.8 Å². The van der Waals surface area contributed by atoms with Crippen LogP contribution in [0.25, 0.3) is 0 Å². The highest BCUT2D eigenvalue weighted by molar-refractivity contribution is 5.00. The highest BCUT2D eigenvalue weighted by Crippen LogP contribution is 2.08. The van der Waals surface area contributed by atoms with Crippen molar-refractivity contribution in [1.82, 2.24) is 0 Å². The summed E-state index contributed by atoms with van der Waals surface area (Å²) in [6, 6.07) is 0. The molecular weight excluding hydrogens is 188 g/mol. The second-order valence-electron chi connectivity index (χ2n) is 3.92. The van der Waals surface area contributed by atoms with Gasteiger partial charge in [-0.15, -0.1) is 0 Å². The lowest BCUT2D eigenvalue weighted by molar-refractivity contribution is 0.0107. The molecule has 2 nitrogen and oxygen atoms in total. The van der Waals surface area contributed by atoms with Crippen LogP contribution >= 0.6 is 0 Å². The maximum absolute atomic E-state index is 8.46. The van der Waals surface area contributed by atoms with Crippen LogP contribution in [0.5, 0.6) is 0 Å². The molecule has 0 aliphatic heterocycles.